The van der Waals surface area contributed by atoms with Gasteiger partial charge in [0.1, 0.15) is 29.3 Å². The molecule has 2 aromatic rings. The number of ether oxygens (including phenoxy) is 1. The van der Waals surface area contributed by atoms with E-state index < -0.39 is 5.97 Å². The molecule has 0 spiro atoms. The van der Waals surface area contributed by atoms with Gasteiger partial charge in [-0.2, -0.15) is 0 Å². The second kappa shape index (κ2) is 8.39. The van der Waals surface area contributed by atoms with Crippen molar-refractivity contribution in [2.75, 3.05) is 6.61 Å². The molecule has 0 fully saturated rings. The van der Waals surface area contributed by atoms with Crippen LogP contribution >= 0.6 is 15.9 Å². The minimum atomic E-state index is -1.00. The molecule has 0 atom stereocenters. The second-order valence-electron chi connectivity index (χ2n) is 6.30. The first-order chi connectivity index (χ1) is 11.8. The Morgan fingerprint density at radius 3 is 2.64 bits per heavy atom. The Balaban J connectivity index is 2.13. The van der Waals surface area contributed by atoms with Crippen LogP contribution in [0.25, 0.3) is 11.0 Å². The standard InChI is InChI=1S/C20H23BrO4/c1-12(2)6-5-7-13(3)8-9-24-18-10-15-17(11-16(18)21)25-14(4)19(15)20(22)23/h6,8,10-11H,5,7,9H2,1-4H3,(H,22,23)/b13-8-. The monoisotopic (exact) mass is 406 g/mol. The maximum absolute atomic E-state index is 11.4. The number of carboxylic acid groups (broad SMARTS) is 1. The number of aryl methyl sites for hydroxylation is 1. The molecule has 0 aliphatic carbocycles. The molecule has 1 aromatic heterocycles. The van der Waals surface area contributed by atoms with Crippen LogP contribution in [0, 0.1) is 6.92 Å². The lowest BCUT2D eigenvalue weighted by Crippen LogP contribution is -1.98. The van der Waals surface area contributed by atoms with Crippen molar-refractivity contribution in [3.8, 4) is 5.75 Å². The van der Waals surface area contributed by atoms with Crippen LogP contribution in [0.15, 0.2) is 44.3 Å². The smallest absolute Gasteiger partial charge is 0.339 e. The molecule has 1 N–H and O–H groups in total. The molecule has 134 valence electrons. The number of allylic oxidation sites excluding steroid dienone is 3. The van der Waals surface area contributed by atoms with Crippen LogP contribution in [0.5, 0.6) is 5.75 Å². The molecular weight excluding hydrogens is 384 g/mol. The number of carboxylic acids is 1. The van der Waals surface area contributed by atoms with E-state index >= 15 is 0 Å². The predicted octanol–water partition coefficient (Wildman–Crippen LogP) is 6.27. The topological polar surface area (TPSA) is 59.7 Å². The molecule has 0 radical (unpaired) electrons. The fraction of sp³-hybridized carbons (Fsp3) is 0.350. The third-order valence-electron chi connectivity index (χ3n) is 3.89. The Hall–Kier alpha value is -2.01. The zero-order valence-corrected chi connectivity index (χ0v) is 16.6. The summed E-state index contributed by atoms with van der Waals surface area (Å²) in [6.07, 6.45) is 6.29. The minimum Gasteiger partial charge on any atom is -0.488 e. The highest BCUT2D eigenvalue weighted by Gasteiger charge is 2.19. The van der Waals surface area contributed by atoms with Crippen molar-refractivity contribution >= 4 is 32.9 Å². The molecule has 0 unspecified atom stereocenters. The maximum Gasteiger partial charge on any atom is 0.339 e. The van der Waals surface area contributed by atoms with Gasteiger partial charge in [0.25, 0.3) is 0 Å². The highest BCUT2D eigenvalue weighted by atomic mass is 79.9. The van der Waals surface area contributed by atoms with E-state index in [0.29, 0.717) is 29.1 Å². The molecule has 0 amide bonds. The Morgan fingerprint density at radius 2 is 2.00 bits per heavy atom. The summed E-state index contributed by atoms with van der Waals surface area (Å²) in [5.74, 6) is -0.00903. The van der Waals surface area contributed by atoms with Crippen molar-refractivity contribution in [1.82, 2.24) is 0 Å². The van der Waals surface area contributed by atoms with E-state index in [1.807, 2.05) is 6.08 Å². The molecule has 2 rings (SSSR count). The van der Waals surface area contributed by atoms with Crippen LogP contribution in [0.1, 0.15) is 49.7 Å². The Labute approximate surface area is 156 Å². The van der Waals surface area contributed by atoms with Gasteiger partial charge >= 0.3 is 5.97 Å². The van der Waals surface area contributed by atoms with Crippen molar-refractivity contribution in [2.24, 2.45) is 0 Å². The van der Waals surface area contributed by atoms with E-state index in [1.54, 1.807) is 19.1 Å². The first-order valence-corrected chi connectivity index (χ1v) is 8.96. The summed E-state index contributed by atoms with van der Waals surface area (Å²) in [6.45, 7) is 8.36. The van der Waals surface area contributed by atoms with Gasteiger partial charge in [0, 0.05) is 5.39 Å². The van der Waals surface area contributed by atoms with Gasteiger partial charge in [0.05, 0.1) is 4.47 Å². The molecule has 1 aromatic carbocycles. The van der Waals surface area contributed by atoms with Crippen LogP contribution in [0.3, 0.4) is 0 Å². The van der Waals surface area contributed by atoms with Gasteiger partial charge in [-0.25, -0.2) is 4.79 Å². The lowest BCUT2D eigenvalue weighted by atomic mass is 10.1. The number of rotatable bonds is 7. The molecular formula is C20H23BrO4. The van der Waals surface area contributed by atoms with Gasteiger partial charge in [0.15, 0.2) is 0 Å². The molecule has 0 aliphatic heterocycles. The van der Waals surface area contributed by atoms with Crippen LogP contribution < -0.4 is 4.74 Å². The number of halogens is 1. The zero-order valence-electron chi connectivity index (χ0n) is 15.0. The van der Waals surface area contributed by atoms with E-state index in [9.17, 15) is 9.90 Å². The van der Waals surface area contributed by atoms with Crippen LogP contribution in [0.4, 0.5) is 0 Å². The Bertz CT molecular complexity index is 839. The molecule has 5 heteroatoms. The molecule has 0 bridgehead atoms. The van der Waals surface area contributed by atoms with Crippen LogP contribution in [-0.2, 0) is 0 Å². The summed E-state index contributed by atoms with van der Waals surface area (Å²) in [6, 6.07) is 3.46. The minimum absolute atomic E-state index is 0.181. The number of hydrogen-bond acceptors (Lipinski definition) is 3. The largest absolute Gasteiger partial charge is 0.488 e. The number of benzene rings is 1. The van der Waals surface area contributed by atoms with E-state index in [4.69, 9.17) is 9.15 Å². The Morgan fingerprint density at radius 1 is 1.28 bits per heavy atom. The zero-order chi connectivity index (χ0) is 18.6. The third kappa shape index (κ3) is 4.98. The van der Waals surface area contributed by atoms with Crippen LogP contribution in [0.2, 0.25) is 0 Å². The summed E-state index contributed by atoms with van der Waals surface area (Å²) < 4.78 is 12.1. The summed E-state index contributed by atoms with van der Waals surface area (Å²) in [5, 5.41) is 9.90. The summed E-state index contributed by atoms with van der Waals surface area (Å²) in [4.78, 5) is 11.4. The summed E-state index contributed by atoms with van der Waals surface area (Å²) in [7, 11) is 0. The van der Waals surface area contributed by atoms with Gasteiger partial charge in [-0.05, 0) is 74.7 Å². The van der Waals surface area contributed by atoms with E-state index in [2.05, 4.69) is 42.8 Å². The quantitative estimate of drug-likeness (QED) is 0.550. The normalized spacial score (nSPS) is 11.6. The van der Waals surface area contributed by atoms with E-state index in [-0.39, 0.29) is 5.56 Å². The van der Waals surface area contributed by atoms with Gasteiger partial charge in [-0.3, -0.25) is 0 Å². The predicted molar refractivity (Wildman–Crippen MR) is 104 cm³/mol. The van der Waals surface area contributed by atoms with Gasteiger partial charge < -0.3 is 14.3 Å². The molecule has 0 saturated heterocycles. The van der Waals surface area contributed by atoms with Crippen molar-refractivity contribution in [1.29, 1.82) is 0 Å². The van der Waals surface area contributed by atoms with Crippen molar-refractivity contribution in [2.45, 2.75) is 40.5 Å². The van der Waals surface area contributed by atoms with E-state index in [0.717, 1.165) is 17.3 Å². The number of carbonyl (C=O) groups is 1. The molecule has 0 aliphatic rings. The summed E-state index contributed by atoms with van der Waals surface area (Å²) >= 11 is 3.45. The average molecular weight is 407 g/mol. The molecule has 4 nitrogen and oxygen atoms in total. The first-order valence-electron chi connectivity index (χ1n) is 8.17. The summed E-state index contributed by atoms with van der Waals surface area (Å²) in [5.41, 5.74) is 3.30. The van der Waals surface area contributed by atoms with Gasteiger partial charge in [-0.15, -0.1) is 0 Å². The SMILES string of the molecule is CC(C)=CCC/C(C)=C\COc1cc2c(C(=O)O)c(C)oc2cc1Br. The number of fused-ring (bicyclic) bond motifs is 1. The second-order valence-corrected chi connectivity index (χ2v) is 7.15. The lowest BCUT2D eigenvalue weighted by molar-refractivity contribution is 0.0697. The fourth-order valence-corrected chi connectivity index (χ4v) is 3.00. The highest BCUT2D eigenvalue weighted by molar-refractivity contribution is 9.10. The van der Waals surface area contributed by atoms with Gasteiger partial charge in [-0.1, -0.05) is 17.2 Å². The third-order valence-corrected chi connectivity index (χ3v) is 4.51. The average Bonchev–Trinajstić information content (AvgIpc) is 2.81. The first kappa shape index (κ1) is 19.3. The van der Waals surface area contributed by atoms with Crippen molar-refractivity contribution in [3.05, 3.63) is 51.2 Å². The maximum atomic E-state index is 11.4. The number of furan rings is 1. The van der Waals surface area contributed by atoms with Crippen LogP contribution in [-0.4, -0.2) is 17.7 Å². The fourth-order valence-electron chi connectivity index (χ4n) is 2.56. The highest BCUT2D eigenvalue weighted by Crippen LogP contribution is 2.35. The molecule has 25 heavy (non-hydrogen) atoms. The van der Waals surface area contributed by atoms with E-state index in [1.165, 1.54) is 11.1 Å². The lowest BCUT2D eigenvalue weighted by Gasteiger charge is -2.07. The number of aromatic carboxylic acids is 1. The molecule has 0 saturated carbocycles. The number of hydrogen-bond donors (Lipinski definition) is 1. The Kier molecular flexibility index (Phi) is 6.48. The van der Waals surface area contributed by atoms with Crippen molar-refractivity contribution < 1.29 is 19.1 Å². The molecule has 1 heterocycles. The van der Waals surface area contributed by atoms with Gasteiger partial charge in [0.2, 0.25) is 0 Å². The van der Waals surface area contributed by atoms with Crippen molar-refractivity contribution in [3.63, 3.8) is 0 Å².